The number of benzene rings is 1. The summed E-state index contributed by atoms with van der Waals surface area (Å²) in [5.41, 5.74) is 3.02. The monoisotopic (exact) mass is 405 g/mol. The molecule has 0 unspecified atom stereocenters. The van der Waals surface area contributed by atoms with Crippen molar-refractivity contribution in [2.75, 3.05) is 13.7 Å². The van der Waals surface area contributed by atoms with E-state index < -0.39 is 5.91 Å². The van der Waals surface area contributed by atoms with E-state index in [1.807, 2.05) is 0 Å². The summed E-state index contributed by atoms with van der Waals surface area (Å²) in [5, 5.41) is 16.0. The summed E-state index contributed by atoms with van der Waals surface area (Å²) in [5.74, 6) is -0.157. The van der Waals surface area contributed by atoms with Crippen molar-refractivity contribution in [2.24, 2.45) is 5.10 Å². The van der Waals surface area contributed by atoms with Crippen molar-refractivity contribution < 1.29 is 19.4 Å². The third-order valence-corrected chi connectivity index (χ3v) is 4.56. The number of nitrogens with one attached hydrogen (secondary N) is 2. The molecule has 0 bridgehead atoms. The number of amides is 2. The van der Waals surface area contributed by atoms with Crippen LogP contribution in [0.15, 0.2) is 23.3 Å². The molecule has 1 rings (SSSR count). The predicted octanol–water partition coefficient (Wildman–Crippen LogP) is 3.89. The lowest BCUT2D eigenvalue weighted by molar-refractivity contribution is -0.126. The molecule has 1 aromatic carbocycles. The van der Waals surface area contributed by atoms with Gasteiger partial charge in [-0.2, -0.15) is 5.10 Å². The quantitative estimate of drug-likeness (QED) is 0.234. The molecule has 29 heavy (non-hydrogen) atoms. The van der Waals surface area contributed by atoms with Gasteiger partial charge in [-0.15, -0.1) is 0 Å². The van der Waals surface area contributed by atoms with E-state index in [-0.39, 0.29) is 18.2 Å². The number of hydrazone groups is 1. The Bertz CT molecular complexity index is 647. The van der Waals surface area contributed by atoms with Gasteiger partial charge in [-0.3, -0.25) is 9.59 Å². The molecule has 7 heteroatoms. The number of rotatable bonds is 15. The van der Waals surface area contributed by atoms with E-state index in [0.717, 1.165) is 19.3 Å². The predicted molar refractivity (Wildman–Crippen MR) is 115 cm³/mol. The molecule has 0 saturated carbocycles. The first-order valence-corrected chi connectivity index (χ1v) is 10.5. The Morgan fingerprint density at radius 3 is 2.34 bits per heavy atom. The van der Waals surface area contributed by atoms with Gasteiger partial charge >= 0.3 is 0 Å². The molecule has 0 spiro atoms. The molecule has 0 aliphatic carbocycles. The number of phenolic OH excluding ortho intramolecular Hbond substituents is 1. The zero-order valence-corrected chi connectivity index (χ0v) is 17.7. The van der Waals surface area contributed by atoms with Gasteiger partial charge in [-0.25, -0.2) is 5.43 Å². The molecule has 7 nitrogen and oxygen atoms in total. The molecule has 2 amide bonds. The van der Waals surface area contributed by atoms with Gasteiger partial charge < -0.3 is 15.2 Å². The Kier molecular flexibility index (Phi) is 13.0. The molecule has 0 aliphatic rings. The lowest BCUT2D eigenvalue weighted by Crippen LogP contribution is -2.34. The van der Waals surface area contributed by atoms with Crippen LogP contribution < -0.4 is 15.5 Å². The molecule has 0 fully saturated rings. The highest BCUT2D eigenvalue weighted by Gasteiger charge is 2.05. The maximum Gasteiger partial charge on any atom is 0.259 e. The Balaban J connectivity index is 2.09. The van der Waals surface area contributed by atoms with Crippen LogP contribution in [-0.4, -0.2) is 36.8 Å². The van der Waals surface area contributed by atoms with Gasteiger partial charge in [0, 0.05) is 6.42 Å². The fraction of sp³-hybridized carbons (Fsp3) is 0.591. The molecule has 1 aromatic rings. The summed E-state index contributed by atoms with van der Waals surface area (Å²) in [6.07, 6.45) is 12.7. The number of nitrogens with zero attached hydrogens (tertiary/aromatic N) is 1. The van der Waals surface area contributed by atoms with Crippen LogP contribution in [0.3, 0.4) is 0 Å². The molecule has 0 radical (unpaired) electrons. The maximum atomic E-state index is 11.8. The normalized spacial score (nSPS) is 10.8. The Morgan fingerprint density at radius 2 is 1.69 bits per heavy atom. The molecule has 0 aromatic heterocycles. The zero-order chi connectivity index (χ0) is 21.3. The standard InChI is InChI=1S/C22H35N3O4/c1-3-4-5-6-7-8-9-10-11-12-21(27)23-17-22(28)25-24-16-18-13-14-19(26)20(15-18)29-2/h13-16,26H,3-12,17H2,1-2H3,(H,23,27)(H,25,28)/b24-16+. The average Bonchev–Trinajstić information content (AvgIpc) is 2.72. The van der Waals surface area contributed by atoms with Crippen molar-refractivity contribution in [3.63, 3.8) is 0 Å². The maximum absolute atomic E-state index is 11.8. The van der Waals surface area contributed by atoms with Crippen LogP contribution in [0.2, 0.25) is 0 Å². The van der Waals surface area contributed by atoms with E-state index in [2.05, 4.69) is 22.8 Å². The number of ether oxygens (including phenoxy) is 1. The van der Waals surface area contributed by atoms with Crippen LogP contribution in [0.1, 0.15) is 76.7 Å². The molecular weight excluding hydrogens is 370 g/mol. The second-order valence-corrected chi connectivity index (χ2v) is 7.08. The number of unbranched alkanes of at least 4 members (excludes halogenated alkanes) is 8. The molecule has 162 valence electrons. The minimum Gasteiger partial charge on any atom is -0.504 e. The van der Waals surface area contributed by atoms with Crippen molar-refractivity contribution in [1.29, 1.82) is 0 Å². The average molecular weight is 406 g/mol. The van der Waals surface area contributed by atoms with Crippen LogP contribution in [0.25, 0.3) is 0 Å². The van der Waals surface area contributed by atoms with E-state index in [9.17, 15) is 14.7 Å². The summed E-state index contributed by atoms with van der Waals surface area (Å²) < 4.78 is 5.00. The highest BCUT2D eigenvalue weighted by Crippen LogP contribution is 2.25. The number of carbonyl (C=O) groups excluding carboxylic acids is 2. The van der Waals surface area contributed by atoms with Gasteiger partial charge in [0.2, 0.25) is 5.91 Å². The van der Waals surface area contributed by atoms with Crippen molar-refractivity contribution in [3.05, 3.63) is 23.8 Å². The minimum atomic E-state index is -0.396. The number of phenols is 1. The molecule has 0 atom stereocenters. The fourth-order valence-corrected chi connectivity index (χ4v) is 2.86. The first-order chi connectivity index (χ1) is 14.1. The van der Waals surface area contributed by atoms with Gasteiger partial charge in [0.25, 0.3) is 5.91 Å². The second kappa shape index (κ2) is 15.4. The lowest BCUT2D eigenvalue weighted by atomic mass is 10.1. The van der Waals surface area contributed by atoms with Crippen molar-refractivity contribution in [3.8, 4) is 11.5 Å². The third-order valence-electron chi connectivity index (χ3n) is 4.56. The molecule has 3 N–H and O–H groups in total. The second-order valence-electron chi connectivity index (χ2n) is 7.08. The van der Waals surface area contributed by atoms with Crippen molar-refractivity contribution >= 4 is 18.0 Å². The fourth-order valence-electron chi connectivity index (χ4n) is 2.86. The Labute approximate surface area is 173 Å². The molecular formula is C22H35N3O4. The van der Waals surface area contributed by atoms with Gasteiger partial charge in [0.05, 0.1) is 19.9 Å². The lowest BCUT2D eigenvalue weighted by Gasteiger charge is -2.05. The summed E-state index contributed by atoms with van der Waals surface area (Å²) in [6.45, 7) is 2.11. The van der Waals surface area contributed by atoms with Crippen molar-refractivity contribution in [1.82, 2.24) is 10.7 Å². The van der Waals surface area contributed by atoms with E-state index in [1.54, 1.807) is 12.1 Å². The van der Waals surface area contributed by atoms with Gasteiger partial charge in [-0.05, 0) is 30.2 Å². The van der Waals surface area contributed by atoms with Crippen LogP contribution in [0, 0.1) is 0 Å². The topological polar surface area (TPSA) is 100 Å². The summed E-state index contributed by atoms with van der Waals surface area (Å²) in [7, 11) is 1.45. The third kappa shape index (κ3) is 11.8. The van der Waals surface area contributed by atoms with Gasteiger partial charge in [-0.1, -0.05) is 58.3 Å². The molecule has 0 saturated heterocycles. The first-order valence-electron chi connectivity index (χ1n) is 10.5. The number of hydrogen-bond acceptors (Lipinski definition) is 5. The van der Waals surface area contributed by atoms with Crippen LogP contribution in [0.5, 0.6) is 11.5 Å². The van der Waals surface area contributed by atoms with E-state index in [1.165, 1.54) is 57.9 Å². The number of hydrogen-bond donors (Lipinski definition) is 3. The van der Waals surface area contributed by atoms with E-state index >= 15 is 0 Å². The largest absolute Gasteiger partial charge is 0.504 e. The smallest absolute Gasteiger partial charge is 0.259 e. The van der Waals surface area contributed by atoms with Gasteiger partial charge in [0.15, 0.2) is 11.5 Å². The number of methoxy groups -OCH3 is 1. The van der Waals surface area contributed by atoms with Crippen molar-refractivity contribution in [2.45, 2.75) is 71.1 Å². The molecule has 0 aliphatic heterocycles. The first kappa shape index (κ1) is 24.5. The highest BCUT2D eigenvalue weighted by atomic mass is 16.5. The van der Waals surface area contributed by atoms with E-state index in [0.29, 0.717) is 17.7 Å². The number of aromatic hydroxyl groups is 1. The highest BCUT2D eigenvalue weighted by molar-refractivity contribution is 5.86. The van der Waals surface area contributed by atoms with E-state index in [4.69, 9.17) is 4.74 Å². The van der Waals surface area contributed by atoms with Gasteiger partial charge in [0.1, 0.15) is 0 Å². The van der Waals surface area contributed by atoms with Crippen LogP contribution in [-0.2, 0) is 9.59 Å². The number of carbonyl (C=O) groups is 2. The SMILES string of the molecule is CCCCCCCCCCCC(=O)NCC(=O)N/N=C/c1ccc(O)c(OC)c1. The van der Waals surface area contributed by atoms with Crippen LogP contribution >= 0.6 is 0 Å². The molecule has 0 heterocycles. The summed E-state index contributed by atoms with van der Waals surface area (Å²) in [4.78, 5) is 23.5. The minimum absolute atomic E-state index is 0.0309. The summed E-state index contributed by atoms with van der Waals surface area (Å²) in [6, 6.07) is 4.72. The Morgan fingerprint density at radius 1 is 1.03 bits per heavy atom. The van der Waals surface area contributed by atoms with Crippen LogP contribution in [0.4, 0.5) is 0 Å². The Hall–Kier alpha value is -2.57. The summed E-state index contributed by atoms with van der Waals surface area (Å²) >= 11 is 0. The zero-order valence-electron chi connectivity index (χ0n) is 17.7.